The summed E-state index contributed by atoms with van der Waals surface area (Å²) < 4.78 is 70.0. The monoisotopic (exact) mass is 426 g/mol. The van der Waals surface area contributed by atoms with Gasteiger partial charge in [0.05, 0.1) is 0 Å². The molecule has 0 bridgehead atoms. The van der Waals surface area contributed by atoms with Crippen LogP contribution in [0.3, 0.4) is 0 Å². The van der Waals surface area contributed by atoms with Crippen molar-refractivity contribution in [2.24, 2.45) is 0 Å². The highest BCUT2D eigenvalue weighted by atomic mass is 28.3. The second-order valence-electron chi connectivity index (χ2n) is 7.53. The summed E-state index contributed by atoms with van der Waals surface area (Å²) in [5, 5.41) is 0. The van der Waals surface area contributed by atoms with Gasteiger partial charge in [0.25, 0.3) is 0 Å². The highest BCUT2D eigenvalue weighted by Gasteiger charge is 2.23. The van der Waals surface area contributed by atoms with Crippen LogP contribution in [-0.2, 0) is 0 Å². The Bertz CT molecular complexity index is 887. The van der Waals surface area contributed by atoms with Crippen LogP contribution in [0.5, 0.6) is 5.75 Å². The lowest BCUT2D eigenvalue weighted by Gasteiger charge is -2.28. The third kappa shape index (κ3) is 5.26. The average molecular weight is 427 g/mol. The van der Waals surface area contributed by atoms with Crippen LogP contribution in [0.1, 0.15) is 37.7 Å². The number of hydrogen-bond donors (Lipinski definition) is 0. The molecule has 1 fully saturated rings. The van der Waals surface area contributed by atoms with Gasteiger partial charge in [0, 0.05) is 14.4 Å². The molecule has 0 atom stereocenters. The molecule has 0 unspecified atom stereocenters. The van der Waals surface area contributed by atoms with Crippen LogP contribution in [-0.4, -0.2) is 8.80 Å². The standard InChI is InChI=1S/C22H23F5OSi/c1-2-9-29-10-7-14(8-11-29)15-3-5-17(18(23)12-15)16-4-6-20(19(24)13-16)28-22(27)21(25)26/h3-6,12-14,29H,2,7-11H2,1H3. The van der Waals surface area contributed by atoms with Crippen LogP contribution in [0.25, 0.3) is 11.1 Å². The molecule has 2 aromatic carbocycles. The molecule has 1 aliphatic rings. The zero-order chi connectivity index (χ0) is 21.0. The summed E-state index contributed by atoms with van der Waals surface area (Å²) in [4.78, 5) is 0. The zero-order valence-electron chi connectivity index (χ0n) is 16.2. The molecule has 1 saturated heterocycles. The van der Waals surface area contributed by atoms with Crippen molar-refractivity contribution >= 4 is 8.80 Å². The van der Waals surface area contributed by atoms with Gasteiger partial charge in [0.2, 0.25) is 0 Å². The van der Waals surface area contributed by atoms with Gasteiger partial charge in [-0.15, -0.1) is 0 Å². The predicted octanol–water partition coefficient (Wildman–Crippen LogP) is 7.56. The smallest absolute Gasteiger partial charge is 0.344 e. The first-order valence-electron chi connectivity index (χ1n) is 9.87. The van der Waals surface area contributed by atoms with Crippen LogP contribution in [0.4, 0.5) is 22.0 Å². The largest absolute Gasteiger partial charge is 0.425 e. The number of rotatable bonds is 6. The minimum atomic E-state index is -2.68. The molecule has 1 heterocycles. The van der Waals surface area contributed by atoms with E-state index >= 15 is 0 Å². The van der Waals surface area contributed by atoms with Crippen molar-refractivity contribution in [2.75, 3.05) is 0 Å². The van der Waals surface area contributed by atoms with Gasteiger partial charge in [-0.1, -0.05) is 49.7 Å². The summed E-state index contributed by atoms with van der Waals surface area (Å²) >= 11 is 0. The fourth-order valence-electron chi connectivity index (χ4n) is 4.10. The van der Waals surface area contributed by atoms with Gasteiger partial charge < -0.3 is 4.74 Å². The summed E-state index contributed by atoms with van der Waals surface area (Å²) in [6.07, 6.45) is 0.763. The Hall–Kier alpha value is -2.15. The van der Waals surface area contributed by atoms with E-state index < -0.39 is 38.3 Å². The summed E-state index contributed by atoms with van der Waals surface area (Å²) in [6, 6.07) is 10.0. The molecular weight excluding hydrogens is 403 g/mol. The third-order valence-electron chi connectivity index (χ3n) is 5.60. The topological polar surface area (TPSA) is 9.23 Å². The van der Waals surface area contributed by atoms with Crippen molar-refractivity contribution < 1.29 is 26.7 Å². The minimum Gasteiger partial charge on any atom is -0.425 e. The van der Waals surface area contributed by atoms with Gasteiger partial charge in [-0.3, -0.25) is 0 Å². The van der Waals surface area contributed by atoms with E-state index in [4.69, 9.17) is 0 Å². The fraction of sp³-hybridized carbons (Fsp3) is 0.364. The van der Waals surface area contributed by atoms with Crippen LogP contribution >= 0.6 is 0 Å². The van der Waals surface area contributed by atoms with E-state index in [0.29, 0.717) is 5.92 Å². The van der Waals surface area contributed by atoms with E-state index in [9.17, 15) is 22.0 Å². The minimum absolute atomic E-state index is 0.195. The molecule has 0 saturated carbocycles. The molecule has 0 aliphatic carbocycles. The van der Waals surface area contributed by atoms with Crippen LogP contribution in [0.2, 0.25) is 18.1 Å². The summed E-state index contributed by atoms with van der Waals surface area (Å²) in [5.74, 6) is -1.85. The molecular formula is C22H23F5OSi. The molecule has 0 aromatic heterocycles. The number of benzene rings is 2. The van der Waals surface area contributed by atoms with Crippen molar-refractivity contribution in [2.45, 2.75) is 50.2 Å². The predicted molar refractivity (Wildman–Crippen MR) is 107 cm³/mol. The van der Waals surface area contributed by atoms with E-state index in [1.54, 1.807) is 6.07 Å². The molecule has 0 N–H and O–H groups in total. The third-order valence-corrected chi connectivity index (χ3v) is 9.29. The van der Waals surface area contributed by atoms with Gasteiger partial charge >= 0.3 is 12.1 Å². The second kappa shape index (κ2) is 9.56. The van der Waals surface area contributed by atoms with Crippen molar-refractivity contribution in [3.05, 3.63) is 65.7 Å². The molecule has 0 spiro atoms. The number of hydrogen-bond acceptors (Lipinski definition) is 1. The van der Waals surface area contributed by atoms with Gasteiger partial charge in [0.15, 0.2) is 11.6 Å². The summed E-state index contributed by atoms with van der Waals surface area (Å²) in [5.41, 5.74) is 1.38. The van der Waals surface area contributed by atoms with Crippen LogP contribution < -0.4 is 4.74 Å². The van der Waals surface area contributed by atoms with Gasteiger partial charge in [0.1, 0.15) is 5.82 Å². The van der Waals surface area contributed by atoms with E-state index in [0.717, 1.165) is 30.5 Å². The summed E-state index contributed by atoms with van der Waals surface area (Å²) in [6.45, 7) is 2.22. The highest BCUT2D eigenvalue weighted by Crippen LogP contribution is 2.37. The Morgan fingerprint density at radius 1 is 1.00 bits per heavy atom. The van der Waals surface area contributed by atoms with Crippen molar-refractivity contribution in [1.82, 2.24) is 0 Å². The maximum Gasteiger partial charge on any atom is 0.344 e. The highest BCUT2D eigenvalue weighted by molar-refractivity contribution is 6.59. The van der Waals surface area contributed by atoms with Crippen LogP contribution in [0, 0.1) is 11.6 Å². The lowest BCUT2D eigenvalue weighted by Crippen LogP contribution is -2.20. The first-order chi connectivity index (χ1) is 13.9. The van der Waals surface area contributed by atoms with E-state index in [2.05, 4.69) is 11.7 Å². The van der Waals surface area contributed by atoms with Gasteiger partial charge in [-0.05, 0) is 48.1 Å². The molecule has 1 nitrogen and oxygen atoms in total. The Balaban J connectivity index is 1.75. The Morgan fingerprint density at radius 2 is 1.72 bits per heavy atom. The molecule has 3 rings (SSSR count). The molecule has 2 aromatic rings. The number of halogens is 5. The zero-order valence-corrected chi connectivity index (χ0v) is 17.3. The Morgan fingerprint density at radius 3 is 2.31 bits per heavy atom. The SMILES string of the molecule is CCC[SiH]1CCC(c2ccc(-c3ccc(OC(F)=C(F)F)c(F)c3)c(F)c2)CC1. The molecule has 156 valence electrons. The average Bonchev–Trinajstić information content (AvgIpc) is 2.70. The van der Waals surface area contributed by atoms with Crippen LogP contribution in [0.15, 0.2) is 48.5 Å². The maximum atomic E-state index is 14.7. The van der Waals surface area contributed by atoms with Gasteiger partial charge in [-0.2, -0.15) is 13.2 Å². The normalized spacial score (nSPS) is 19.1. The van der Waals surface area contributed by atoms with E-state index in [-0.39, 0.29) is 11.1 Å². The molecule has 7 heteroatoms. The van der Waals surface area contributed by atoms with Gasteiger partial charge in [-0.25, -0.2) is 8.78 Å². The molecule has 0 amide bonds. The summed E-state index contributed by atoms with van der Waals surface area (Å²) in [7, 11) is -0.611. The first-order valence-corrected chi connectivity index (χ1v) is 12.3. The number of ether oxygens (including phenoxy) is 1. The molecule has 0 radical (unpaired) electrons. The van der Waals surface area contributed by atoms with Crippen molar-refractivity contribution in [1.29, 1.82) is 0 Å². The second-order valence-corrected chi connectivity index (χ2v) is 11.0. The first kappa shape index (κ1) is 21.6. The molecule has 29 heavy (non-hydrogen) atoms. The Kier molecular flexibility index (Phi) is 7.11. The van der Waals surface area contributed by atoms with Crippen molar-refractivity contribution in [3.63, 3.8) is 0 Å². The lowest BCUT2D eigenvalue weighted by molar-refractivity contribution is 0.234. The Labute approximate surface area is 168 Å². The quantitative estimate of drug-likeness (QED) is 0.263. The lowest BCUT2D eigenvalue weighted by atomic mass is 9.91. The van der Waals surface area contributed by atoms with E-state index in [1.807, 2.05) is 6.07 Å². The van der Waals surface area contributed by atoms with E-state index in [1.165, 1.54) is 36.7 Å². The van der Waals surface area contributed by atoms with Crippen molar-refractivity contribution in [3.8, 4) is 16.9 Å². The molecule has 1 aliphatic heterocycles. The fourth-order valence-corrected chi connectivity index (χ4v) is 7.53. The maximum absolute atomic E-state index is 14.7.